The summed E-state index contributed by atoms with van der Waals surface area (Å²) < 4.78 is 7.52. The molecule has 2 atom stereocenters. The van der Waals surface area contributed by atoms with E-state index in [1.165, 1.54) is 22.0 Å². The van der Waals surface area contributed by atoms with Crippen LogP contribution >= 0.6 is 0 Å². The van der Waals surface area contributed by atoms with E-state index in [4.69, 9.17) is 4.74 Å². The lowest BCUT2D eigenvalue weighted by molar-refractivity contribution is -0.0492. The lowest BCUT2D eigenvalue weighted by Crippen LogP contribution is -2.48. The highest BCUT2D eigenvalue weighted by molar-refractivity contribution is 5.92. The molecule has 1 amide bonds. The molecule has 0 aliphatic carbocycles. The third kappa shape index (κ3) is 2.99. The molecule has 0 saturated carbocycles. The number of aromatic nitrogens is 3. The van der Waals surface area contributed by atoms with Gasteiger partial charge in [-0.05, 0) is 31.9 Å². The van der Waals surface area contributed by atoms with Gasteiger partial charge in [0.25, 0.3) is 5.91 Å². The zero-order valence-electron chi connectivity index (χ0n) is 14.0. The Morgan fingerprint density at radius 2 is 2.13 bits per heavy atom. The van der Waals surface area contributed by atoms with Crippen LogP contribution < -0.4 is 0 Å². The molecule has 0 unspecified atom stereocenters. The summed E-state index contributed by atoms with van der Waals surface area (Å²) in [4.78, 5) is 14.6. The monoisotopic (exact) mass is 314 g/mol. The summed E-state index contributed by atoms with van der Waals surface area (Å²) in [5.41, 5.74) is 4.03. The van der Waals surface area contributed by atoms with Gasteiger partial charge in [0.05, 0.1) is 25.4 Å². The minimum Gasteiger partial charge on any atom is -0.370 e. The van der Waals surface area contributed by atoms with Gasteiger partial charge in [0.2, 0.25) is 0 Å². The molecule has 1 fully saturated rings. The van der Waals surface area contributed by atoms with Gasteiger partial charge >= 0.3 is 0 Å². The van der Waals surface area contributed by atoms with Gasteiger partial charge in [-0.15, -0.1) is 5.10 Å². The zero-order valence-corrected chi connectivity index (χ0v) is 14.0. The maximum absolute atomic E-state index is 12.8. The number of morpholine rings is 1. The van der Waals surface area contributed by atoms with E-state index in [0.29, 0.717) is 18.8 Å². The number of aryl methyl sites for hydroxylation is 3. The highest BCUT2D eigenvalue weighted by atomic mass is 16.5. The van der Waals surface area contributed by atoms with Gasteiger partial charge in [-0.2, -0.15) is 0 Å². The van der Waals surface area contributed by atoms with Crippen LogP contribution in [0, 0.1) is 13.8 Å². The molecular formula is C17H22N4O2. The normalized spacial score (nSPS) is 21.5. The Balaban J connectivity index is 1.86. The average molecular weight is 314 g/mol. The van der Waals surface area contributed by atoms with Gasteiger partial charge in [0, 0.05) is 7.05 Å². The minimum absolute atomic E-state index is 0.0266. The quantitative estimate of drug-likeness (QED) is 0.851. The number of nitrogens with zero attached hydrogens (tertiary/aromatic N) is 4. The second-order valence-electron chi connectivity index (χ2n) is 6.23. The van der Waals surface area contributed by atoms with Crippen molar-refractivity contribution in [2.24, 2.45) is 7.05 Å². The number of ether oxygens (including phenoxy) is 1. The molecule has 1 aliphatic heterocycles. The lowest BCUT2D eigenvalue weighted by Gasteiger charge is -2.38. The van der Waals surface area contributed by atoms with Crippen LogP contribution in [0.15, 0.2) is 24.4 Å². The topological polar surface area (TPSA) is 60.2 Å². The third-order valence-electron chi connectivity index (χ3n) is 4.41. The van der Waals surface area contributed by atoms with Crippen molar-refractivity contribution in [2.45, 2.75) is 32.9 Å². The van der Waals surface area contributed by atoms with E-state index in [1.54, 1.807) is 7.05 Å². The molecule has 6 heteroatoms. The van der Waals surface area contributed by atoms with Crippen LogP contribution in [-0.4, -0.2) is 45.0 Å². The van der Waals surface area contributed by atoms with Crippen molar-refractivity contribution in [3.05, 3.63) is 46.8 Å². The molecule has 6 nitrogen and oxygen atoms in total. The SMILES string of the molecule is Cc1ccc(C)c([C@@H]2CN(C(=O)c3cnnn3C)[C@H](C)CO2)c1. The third-order valence-corrected chi connectivity index (χ3v) is 4.41. The molecule has 1 aromatic carbocycles. The Labute approximate surface area is 136 Å². The fraction of sp³-hybridized carbons (Fsp3) is 0.471. The van der Waals surface area contributed by atoms with Gasteiger partial charge in [-0.25, -0.2) is 4.68 Å². The van der Waals surface area contributed by atoms with Gasteiger partial charge < -0.3 is 9.64 Å². The molecule has 1 aromatic heterocycles. The van der Waals surface area contributed by atoms with Crippen LogP contribution in [-0.2, 0) is 11.8 Å². The van der Waals surface area contributed by atoms with Crippen LogP contribution in [0.4, 0.5) is 0 Å². The maximum Gasteiger partial charge on any atom is 0.274 e. The summed E-state index contributed by atoms with van der Waals surface area (Å²) in [5, 5.41) is 7.65. The van der Waals surface area contributed by atoms with Crippen molar-refractivity contribution in [2.75, 3.05) is 13.2 Å². The molecule has 2 heterocycles. The lowest BCUT2D eigenvalue weighted by atomic mass is 9.98. The maximum atomic E-state index is 12.8. The van der Waals surface area contributed by atoms with Crippen LogP contribution in [0.25, 0.3) is 0 Å². The van der Waals surface area contributed by atoms with E-state index >= 15 is 0 Å². The van der Waals surface area contributed by atoms with E-state index in [-0.39, 0.29) is 18.1 Å². The predicted octanol–water partition coefficient (Wildman–Crippen LogP) is 2.03. The van der Waals surface area contributed by atoms with Gasteiger partial charge in [-0.1, -0.05) is 29.0 Å². The molecule has 0 spiro atoms. The van der Waals surface area contributed by atoms with Crippen molar-refractivity contribution in [1.29, 1.82) is 0 Å². The van der Waals surface area contributed by atoms with E-state index in [9.17, 15) is 4.79 Å². The Bertz CT molecular complexity index is 725. The van der Waals surface area contributed by atoms with Crippen LogP contribution in [0.1, 0.15) is 40.2 Å². The molecule has 0 bridgehead atoms. The highest BCUT2D eigenvalue weighted by Gasteiger charge is 2.32. The number of carbonyl (C=O) groups is 1. The van der Waals surface area contributed by atoms with Crippen LogP contribution in [0.2, 0.25) is 0 Å². The first-order valence-electron chi connectivity index (χ1n) is 7.81. The average Bonchev–Trinajstić information content (AvgIpc) is 2.96. The van der Waals surface area contributed by atoms with Gasteiger partial charge in [-0.3, -0.25) is 4.79 Å². The predicted molar refractivity (Wildman–Crippen MR) is 86.1 cm³/mol. The van der Waals surface area contributed by atoms with E-state index < -0.39 is 0 Å². The van der Waals surface area contributed by atoms with Crippen molar-refractivity contribution in [3.8, 4) is 0 Å². The van der Waals surface area contributed by atoms with Crippen molar-refractivity contribution >= 4 is 5.91 Å². The number of hydrogen-bond acceptors (Lipinski definition) is 4. The fourth-order valence-electron chi connectivity index (χ4n) is 2.97. The summed E-state index contributed by atoms with van der Waals surface area (Å²) in [6.45, 7) is 7.21. The first kappa shape index (κ1) is 15.7. The Hall–Kier alpha value is -2.21. The van der Waals surface area contributed by atoms with Crippen LogP contribution in [0.5, 0.6) is 0 Å². The molecule has 0 N–H and O–H groups in total. The molecule has 1 saturated heterocycles. The smallest absolute Gasteiger partial charge is 0.274 e. The van der Waals surface area contributed by atoms with Gasteiger partial charge in [0.1, 0.15) is 11.8 Å². The Kier molecular flexibility index (Phi) is 4.17. The number of hydrogen-bond donors (Lipinski definition) is 0. The standard InChI is InChI=1S/C17H22N4O2/c1-11-5-6-12(2)14(7-11)16-9-21(13(3)10-23-16)17(22)15-8-18-19-20(15)4/h5-8,13,16H,9-10H2,1-4H3/t13-,16+/m1/s1. The number of rotatable bonds is 2. The van der Waals surface area contributed by atoms with Crippen LogP contribution in [0.3, 0.4) is 0 Å². The molecule has 2 aromatic rings. The van der Waals surface area contributed by atoms with Crippen molar-refractivity contribution in [1.82, 2.24) is 19.9 Å². The number of carbonyl (C=O) groups excluding carboxylic acids is 1. The van der Waals surface area contributed by atoms with E-state index in [0.717, 1.165) is 5.56 Å². The zero-order chi connectivity index (χ0) is 16.6. The Morgan fingerprint density at radius 3 is 2.83 bits per heavy atom. The second-order valence-corrected chi connectivity index (χ2v) is 6.23. The Morgan fingerprint density at radius 1 is 1.35 bits per heavy atom. The summed E-state index contributed by atoms with van der Waals surface area (Å²) >= 11 is 0. The van der Waals surface area contributed by atoms with Gasteiger partial charge in [0.15, 0.2) is 0 Å². The molecule has 1 aliphatic rings. The first-order valence-corrected chi connectivity index (χ1v) is 7.81. The van der Waals surface area contributed by atoms with Crippen molar-refractivity contribution < 1.29 is 9.53 Å². The fourth-order valence-corrected chi connectivity index (χ4v) is 2.97. The minimum atomic E-state index is -0.101. The molecule has 122 valence electrons. The summed E-state index contributed by atoms with van der Waals surface area (Å²) in [6, 6.07) is 6.36. The largest absolute Gasteiger partial charge is 0.370 e. The molecule has 23 heavy (non-hydrogen) atoms. The molecular weight excluding hydrogens is 292 g/mol. The van der Waals surface area contributed by atoms with Crippen molar-refractivity contribution in [3.63, 3.8) is 0 Å². The highest BCUT2D eigenvalue weighted by Crippen LogP contribution is 2.28. The summed E-state index contributed by atoms with van der Waals surface area (Å²) in [7, 11) is 1.73. The summed E-state index contributed by atoms with van der Waals surface area (Å²) in [5.74, 6) is -0.0522. The van der Waals surface area contributed by atoms with E-state index in [2.05, 4.69) is 42.4 Å². The summed E-state index contributed by atoms with van der Waals surface area (Å²) in [6.07, 6.45) is 1.41. The number of amides is 1. The molecule has 0 radical (unpaired) electrons. The second kappa shape index (κ2) is 6.12. The number of benzene rings is 1. The molecule has 3 rings (SSSR count). The first-order chi connectivity index (χ1) is 11.0. The van der Waals surface area contributed by atoms with E-state index in [1.807, 2.05) is 11.8 Å².